The lowest BCUT2D eigenvalue weighted by Gasteiger charge is -2.21. The minimum Gasteiger partial charge on any atom is -0.313 e. The van der Waals surface area contributed by atoms with Crippen LogP contribution in [0.2, 0.25) is 0 Å². The summed E-state index contributed by atoms with van der Waals surface area (Å²) in [4.78, 5) is 0. The highest BCUT2D eigenvalue weighted by Gasteiger charge is 2.32. The standard InChI is InChI=1S/C6H10NOPS2/c1-4-6-5-11-9(10,8-6)7(2)3/h1,6H,5H2,2-3H3. The van der Waals surface area contributed by atoms with E-state index in [9.17, 15) is 0 Å². The van der Waals surface area contributed by atoms with E-state index in [1.807, 2.05) is 18.8 Å². The van der Waals surface area contributed by atoms with E-state index < -0.39 is 5.62 Å². The van der Waals surface area contributed by atoms with Crippen molar-refractivity contribution in [1.82, 2.24) is 4.67 Å². The smallest absolute Gasteiger partial charge is 0.189 e. The number of nitrogens with zero attached hydrogens (tertiary/aromatic N) is 1. The summed E-state index contributed by atoms with van der Waals surface area (Å²) in [7, 11) is 3.87. The molecule has 0 amide bonds. The Morgan fingerprint density at radius 2 is 2.45 bits per heavy atom. The second kappa shape index (κ2) is 3.47. The van der Waals surface area contributed by atoms with Crippen molar-refractivity contribution in [1.29, 1.82) is 0 Å². The minimum atomic E-state index is -1.77. The van der Waals surface area contributed by atoms with Crippen LogP contribution in [0.4, 0.5) is 0 Å². The molecule has 62 valence electrons. The molecule has 0 saturated carbocycles. The van der Waals surface area contributed by atoms with Crippen LogP contribution in [0.25, 0.3) is 0 Å². The summed E-state index contributed by atoms with van der Waals surface area (Å²) in [6.45, 7) is 0. The first-order valence-electron chi connectivity index (χ1n) is 3.15. The molecule has 2 nitrogen and oxygen atoms in total. The molecule has 1 heterocycles. The van der Waals surface area contributed by atoms with Gasteiger partial charge in [0.25, 0.3) is 0 Å². The number of terminal acetylenes is 1. The van der Waals surface area contributed by atoms with Gasteiger partial charge in [-0.25, -0.2) is 0 Å². The van der Waals surface area contributed by atoms with Gasteiger partial charge in [0.1, 0.15) is 6.10 Å². The van der Waals surface area contributed by atoms with Gasteiger partial charge in [-0.1, -0.05) is 17.3 Å². The Bertz CT molecular complexity index is 235. The molecule has 0 N–H and O–H groups in total. The van der Waals surface area contributed by atoms with Crippen molar-refractivity contribution < 1.29 is 4.52 Å². The van der Waals surface area contributed by atoms with E-state index in [1.54, 1.807) is 11.4 Å². The minimum absolute atomic E-state index is 0.0757. The summed E-state index contributed by atoms with van der Waals surface area (Å²) in [6, 6.07) is 0. The summed E-state index contributed by atoms with van der Waals surface area (Å²) in [5, 5.41) is 0. The lowest BCUT2D eigenvalue weighted by Crippen LogP contribution is -2.08. The van der Waals surface area contributed by atoms with Crippen LogP contribution < -0.4 is 0 Å². The molecule has 2 atom stereocenters. The Morgan fingerprint density at radius 1 is 1.82 bits per heavy atom. The fourth-order valence-corrected chi connectivity index (χ4v) is 5.22. The first kappa shape index (κ1) is 9.57. The topological polar surface area (TPSA) is 12.5 Å². The molecule has 1 saturated heterocycles. The van der Waals surface area contributed by atoms with Crippen molar-refractivity contribution in [3.63, 3.8) is 0 Å². The highest BCUT2D eigenvalue weighted by molar-refractivity contribution is 8.69. The number of rotatable bonds is 1. The first-order valence-corrected chi connectivity index (χ1v) is 7.42. The molecule has 1 rings (SSSR count). The van der Waals surface area contributed by atoms with Gasteiger partial charge in [-0.05, 0) is 25.9 Å². The quantitative estimate of drug-likeness (QED) is 0.477. The fraction of sp³-hybridized carbons (Fsp3) is 0.667. The van der Waals surface area contributed by atoms with E-state index in [0.717, 1.165) is 5.75 Å². The fourth-order valence-electron chi connectivity index (χ4n) is 0.672. The molecule has 11 heavy (non-hydrogen) atoms. The summed E-state index contributed by atoms with van der Waals surface area (Å²) in [5.74, 6) is 3.40. The third-order valence-corrected chi connectivity index (χ3v) is 8.45. The lowest BCUT2D eigenvalue weighted by molar-refractivity contribution is 0.311. The second-order valence-electron chi connectivity index (χ2n) is 2.37. The molecule has 1 aliphatic heterocycles. The Labute approximate surface area is 76.6 Å². The predicted octanol–water partition coefficient (Wildman–Crippen LogP) is 1.54. The van der Waals surface area contributed by atoms with E-state index in [0.29, 0.717) is 0 Å². The van der Waals surface area contributed by atoms with Crippen LogP contribution in [0.15, 0.2) is 0 Å². The summed E-state index contributed by atoms with van der Waals surface area (Å²) in [6.07, 6.45) is 5.14. The molecule has 1 aliphatic rings. The third-order valence-electron chi connectivity index (χ3n) is 1.33. The van der Waals surface area contributed by atoms with Crippen LogP contribution in [0.5, 0.6) is 0 Å². The molecule has 0 aliphatic carbocycles. The molecule has 0 aromatic carbocycles. The van der Waals surface area contributed by atoms with E-state index >= 15 is 0 Å². The zero-order chi connectivity index (χ0) is 8.48. The molecule has 0 radical (unpaired) electrons. The molecule has 0 spiro atoms. The molecule has 5 heteroatoms. The summed E-state index contributed by atoms with van der Waals surface area (Å²) < 4.78 is 7.50. The number of hydrogen-bond donors (Lipinski definition) is 0. The van der Waals surface area contributed by atoms with Crippen molar-refractivity contribution in [3.05, 3.63) is 0 Å². The maximum atomic E-state index is 5.54. The highest BCUT2D eigenvalue weighted by atomic mass is 32.9. The third kappa shape index (κ3) is 1.99. The normalized spacial score (nSPS) is 37.5. The van der Waals surface area contributed by atoms with Crippen LogP contribution >= 0.6 is 17.0 Å². The van der Waals surface area contributed by atoms with E-state index in [1.165, 1.54) is 0 Å². The van der Waals surface area contributed by atoms with Gasteiger partial charge in [0.15, 0.2) is 5.62 Å². The average molecular weight is 207 g/mol. The maximum Gasteiger partial charge on any atom is 0.189 e. The van der Waals surface area contributed by atoms with Gasteiger partial charge in [0, 0.05) is 5.75 Å². The van der Waals surface area contributed by atoms with Gasteiger partial charge < -0.3 is 4.52 Å². The largest absolute Gasteiger partial charge is 0.313 e. The molecule has 0 aromatic heterocycles. The van der Waals surface area contributed by atoms with Crippen LogP contribution in [-0.2, 0) is 16.3 Å². The van der Waals surface area contributed by atoms with Crippen molar-refractivity contribution in [2.45, 2.75) is 6.10 Å². The Morgan fingerprint density at radius 3 is 2.73 bits per heavy atom. The van der Waals surface area contributed by atoms with Crippen LogP contribution in [0.3, 0.4) is 0 Å². The van der Waals surface area contributed by atoms with Crippen molar-refractivity contribution in [3.8, 4) is 12.3 Å². The van der Waals surface area contributed by atoms with Gasteiger partial charge in [-0.3, -0.25) is 4.67 Å². The average Bonchev–Trinajstić information content (AvgIpc) is 2.33. The molecule has 0 bridgehead atoms. The van der Waals surface area contributed by atoms with Crippen LogP contribution in [0.1, 0.15) is 0 Å². The Balaban J connectivity index is 2.67. The van der Waals surface area contributed by atoms with Gasteiger partial charge in [-0.15, -0.1) is 6.42 Å². The number of hydrogen-bond acceptors (Lipinski definition) is 3. The summed E-state index contributed by atoms with van der Waals surface area (Å²) in [5.41, 5.74) is -1.77. The van der Waals surface area contributed by atoms with Gasteiger partial charge in [-0.2, -0.15) is 0 Å². The summed E-state index contributed by atoms with van der Waals surface area (Å²) >= 11 is 6.99. The lowest BCUT2D eigenvalue weighted by atomic mass is 10.4. The molecule has 1 fully saturated rings. The molecular weight excluding hydrogens is 197 g/mol. The molecule has 0 aromatic rings. The van der Waals surface area contributed by atoms with Gasteiger partial charge >= 0.3 is 0 Å². The molecule has 2 unspecified atom stereocenters. The molecular formula is C6H10NOPS2. The van der Waals surface area contributed by atoms with E-state index in [-0.39, 0.29) is 6.10 Å². The van der Waals surface area contributed by atoms with Gasteiger partial charge in [0.2, 0.25) is 0 Å². The Kier molecular flexibility index (Phi) is 3.02. The monoisotopic (exact) mass is 207 g/mol. The van der Waals surface area contributed by atoms with Crippen molar-refractivity contribution in [2.24, 2.45) is 0 Å². The van der Waals surface area contributed by atoms with Gasteiger partial charge in [0.05, 0.1) is 0 Å². The second-order valence-corrected chi connectivity index (χ2v) is 9.35. The zero-order valence-corrected chi connectivity index (χ0v) is 9.01. The predicted molar refractivity (Wildman–Crippen MR) is 54.1 cm³/mol. The van der Waals surface area contributed by atoms with E-state index in [2.05, 4.69) is 5.92 Å². The van der Waals surface area contributed by atoms with E-state index in [4.69, 9.17) is 22.8 Å². The zero-order valence-electron chi connectivity index (χ0n) is 6.48. The SMILES string of the molecule is C#CC1CSP(=S)(N(C)C)O1. The van der Waals surface area contributed by atoms with Crippen molar-refractivity contribution >= 4 is 28.8 Å². The van der Waals surface area contributed by atoms with Crippen LogP contribution in [-0.4, -0.2) is 30.6 Å². The van der Waals surface area contributed by atoms with Crippen LogP contribution in [0, 0.1) is 12.3 Å². The highest BCUT2D eigenvalue weighted by Crippen LogP contribution is 2.66. The maximum absolute atomic E-state index is 5.54. The first-order chi connectivity index (χ1) is 5.08. The van der Waals surface area contributed by atoms with Crippen molar-refractivity contribution in [2.75, 3.05) is 19.8 Å². The Hall–Kier alpha value is 0.480.